The second-order valence-corrected chi connectivity index (χ2v) is 9.22. The number of carbonyl (C=O) groups excluding carboxylic acids is 2. The molecule has 0 spiro atoms. The van der Waals surface area contributed by atoms with Gasteiger partial charge >= 0.3 is 5.97 Å². The molecule has 1 amide bonds. The smallest absolute Gasteiger partial charge is 0.326 e. The normalized spacial score (nSPS) is 12.4. The number of carbonyl (C=O) groups is 2. The van der Waals surface area contributed by atoms with E-state index >= 15 is 0 Å². The second kappa shape index (κ2) is 11.9. The van der Waals surface area contributed by atoms with Crippen molar-refractivity contribution in [1.29, 1.82) is 0 Å². The summed E-state index contributed by atoms with van der Waals surface area (Å²) in [5, 5.41) is 1.05. The SMILES string of the molecule is C\C=C(/C=C\C=C\c1ccc(Cl)cc1)N(CC(=O)OC(C)(C)C)C(=O)c1c(F)cccc1P. The number of rotatable bonds is 7. The average Bonchev–Trinajstić information content (AvgIpc) is 2.72. The van der Waals surface area contributed by atoms with E-state index in [0.717, 1.165) is 5.56 Å². The van der Waals surface area contributed by atoms with Crippen LogP contribution >= 0.6 is 20.8 Å². The Bertz CT molecular complexity index is 1070. The van der Waals surface area contributed by atoms with Crippen molar-refractivity contribution in [3.63, 3.8) is 0 Å². The zero-order chi connectivity index (χ0) is 24.6. The van der Waals surface area contributed by atoms with Gasteiger partial charge in [-0.25, -0.2) is 4.39 Å². The Kier molecular flexibility index (Phi) is 9.57. The first kappa shape index (κ1) is 26.5. The van der Waals surface area contributed by atoms with Gasteiger partial charge in [-0.3, -0.25) is 14.5 Å². The summed E-state index contributed by atoms with van der Waals surface area (Å²) in [4.78, 5) is 27.1. The van der Waals surface area contributed by atoms with Gasteiger partial charge in [-0.05, 0) is 62.8 Å². The largest absolute Gasteiger partial charge is 0.459 e. The summed E-state index contributed by atoms with van der Waals surface area (Å²) in [5.74, 6) is -1.89. The zero-order valence-electron chi connectivity index (χ0n) is 19.1. The van der Waals surface area contributed by atoms with Crippen molar-refractivity contribution in [3.8, 4) is 0 Å². The molecule has 0 N–H and O–H groups in total. The summed E-state index contributed by atoms with van der Waals surface area (Å²) in [6.07, 6.45) is 8.77. The van der Waals surface area contributed by atoms with Crippen LogP contribution in [0.4, 0.5) is 4.39 Å². The van der Waals surface area contributed by atoms with Gasteiger partial charge in [0, 0.05) is 10.7 Å². The monoisotopic (exact) mass is 487 g/mol. The molecule has 33 heavy (non-hydrogen) atoms. The lowest BCUT2D eigenvalue weighted by Gasteiger charge is -2.26. The number of ether oxygens (including phenoxy) is 1. The van der Waals surface area contributed by atoms with Crippen molar-refractivity contribution in [2.45, 2.75) is 33.3 Å². The molecule has 1 unspecified atom stereocenters. The van der Waals surface area contributed by atoms with Crippen molar-refractivity contribution in [2.24, 2.45) is 0 Å². The second-order valence-electron chi connectivity index (χ2n) is 8.17. The van der Waals surface area contributed by atoms with Crippen molar-refractivity contribution in [3.05, 3.63) is 94.4 Å². The molecule has 0 bridgehead atoms. The molecule has 2 aromatic carbocycles. The maximum Gasteiger partial charge on any atom is 0.326 e. The molecule has 0 aliphatic heterocycles. The van der Waals surface area contributed by atoms with Crippen LogP contribution in [0.2, 0.25) is 5.02 Å². The average molecular weight is 488 g/mol. The number of esters is 1. The highest BCUT2D eigenvalue weighted by atomic mass is 35.5. The van der Waals surface area contributed by atoms with Gasteiger partial charge in [0.05, 0.1) is 5.56 Å². The Labute approximate surface area is 202 Å². The minimum absolute atomic E-state index is 0.115. The summed E-state index contributed by atoms with van der Waals surface area (Å²) < 4.78 is 19.9. The van der Waals surface area contributed by atoms with Crippen molar-refractivity contribution in [1.82, 2.24) is 4.90 Å². The number of amides is 1. The van der Waals surface area contributed by atoms with Crippen LogP contribution in [0.15, 0.2) is 72.5 Å². The molecular weight excluding hydrogens is 460 g/mol. The molecule has 0 saturated heterocycles. The van der Waals surface area contributed by atoms with E-state index in [1.165, 1.54) is 17.0 Å². The van der Waals surface area contributed by atoms with Gasteiger partial charge in [-0.1, -0.05) is 60.2 Å². The maximum atomic E-state index is 14.5. The lowest BCUT2D eigenvalue weighted by Crippen LogP contribution is -2.39. The van der Waals surface area contributed by atoms with E-state index in [4.69, 9.17) is 16.3 Å². The van der Waals surface area contributed by atoms with E-state index in [9.17, 15) is 14.0 Å². The van der Waals surface area contributed by atoms with Gasteiger partial charge in [-0.2, -0.15) is 0 Å². The van der Waals surface area contributed by atoms with Crippen LogP contribution in [-0.4, -0.2) is 28.9 Å². The van der Waals surface area contributed by atoms with Crippen LogP contribution in [0, 0.1) is 5.82 Å². The predicted molar refractivity (Wildman–Crippen MR) is 136 cm³/mol. The van der Waals surface area contributed by atoms with Gasteiger partial charge in [0.1, 0.15) is 18.0 Å². The highest BCUT2D eigenvalue weighted by Gasteiger charge is 2.27. The lowest BCUT2D eigenvalue weighted by molar-refractivity contribution is -0.155. The van der Waals surface area contributed by atoms with Gasteiger partial charge in [0.25, 0.3) is 5.91 Å². The van der Waals surface area contributed by atoms with Gasteiger partial charge in [0.15, 0.2) is 0 Å². The van der Waals surface area contributed by atoms with E-state index in [1.54, 1.807) is 70.2 Å². The summed E-state index contributed by atoms with van der Waals surface area (Å²) in [6.45, 7) is 6.60. The fraction of sp³-hybridized carbons (Fsp3) is 0.231. The number of hydrogen-bond donors (Lipinski definition) is 0. The van der Waals surface area contributed by atoms with Gasteiger partial charge < -0.3 is 4.74 Å². The maximum absolute atomic E-state index is 14.5. The molecule has 2 rings (SSSR count). The third-order valence-corrected chi connectivity index (χ3v) is 5.09. The van der Waals surface area contributed by atoms with E-state index in [2.05, 4.69) is 9.24 Å². The van der Waals surface area contributed by atoms with Crippen molar-refractivity contribution >= 4 is 44.1 Å². The molecule has 2 aromatic rings. The summed E-state index contributed by atoms with van der Waals surface area (Å²) in [7, 11) is 2.36. The first-order valence-corrected chi connectivity index (χ1v) is 11.3. The van der Waals surface area contributed by atoms with Crippen molar-refractivity contribution in [2.75, 3.05) is 6.54 Å². The van der Waals surface area contributed by atoms with Crippen LogP contribution in [0.1, 0.15) is 43.6 Å². The van der Waals surface area contributed by atoms with E-state index in [0.29, 0.717) is 16.0 Å². The van der Waals surface area contributed by atoms with Crippen molar-refractivity contribution < 1.29 is 18.7 Å². The highest BCUT2D eigenvalue weighted by Crippen LogP contribution is 2.18. The molecule has 0 aliphatic rings. The molecule has 0 aromatic heterocycles. The standard InChI is InChI=1S/C26H28ClFNO3P/c1-5-20(10-7-6-9-18-13-15-19(27)16-14-18)29(17-23(30)32-26(2,3)4)25(31)24-21(28)11-8-12-22(24)33/h5-16H,17,33H2,1-4H3/b9-6+,10-7-,20-5+. The van der Waals surface area contributed by atoms with E-state index in [1.807, 2.05) is 18.2 Å². The van der Waals surface area contributed by atoms with Crippen LogP contribution in [0.5, 0.6) is 0 Å². The van der Waals surface area contributed by atoms with Crippen LogP contribution in [0.25, 0.3) is 6.08 Å². The third kappa shape index (κ3) is 8.27. The number of allylic oxidation sites excluding steroid dienone is 4. The Morgan fingerprint density at radius 2 is 1.79 bits per heavy atom. The van der Waals surface area contributed by atoms with E-state index < -0.39 is 23.3 Å². The molecular formula is C26H28ClFNO3P. The molecule has 0 fully saturated rings. The fourth-order valence-corrected chi connectivity index (χ4v) is 3.42. The van der Waals surface area contributed by atoms with Crippen LogP contribution in [-0.2, 0) is 9.53 Å². The molecule has 0 saturated carbocycles. The molecule has 1 atom stereocenters. The number of benzene rings is 2. The zero-order valence-corrected chi connectivity index (χ0v) is 21.1. The Morgan fingerprint density at radius 3 is 2.36 bits per heavy atom. The Hall–Kier alpha value is -2.75. The summed E-state index contributed by atoms with van der Waals surface area (Å²) >= 11 is 5.90. The van der Waals surface area contributed by atoms with Gasteiger partial charge in [0.2, 0.25) is 0 Å². The topological polar surface area (TPSA) is 46.6 Å². The summed E-state index contributed by atoms with van der Waals surface area (Å²) in [6, 6.07) is 11.7. The molecule has 0 aliphatic carbocycles. The first-order chi connectivity index (χ1) is 15.5. The highest BCUT2D eigenvalue weighted by molar-refractivity contribution is 7.27. The molecule has 0 heterocycles. The Balaban J connectivity index is 2.34. The van der Waals surface area contributed by atoms with E-state index in [-0.39, 0.29) is 12.1 Å². The lowest BCUT2D eigenvalue weighted by atomic mass is 10.1. The number of hydrogen-bond acceptors (Lipinski definition) is 3. The number of nitrogens with zero attached hydrogens (tertiary/aromatic N) is 1. The molecule has 4 nitrogen and oxygen atoms in total. The number of halogens is 2. The third-order valence-electron chi connectivity index (χ3n) is 4.36. The quantitative estimate of drug-likeness (QED) is 0.276. The van der Waals surface area contributed by atoms with Crippen LogP contribution < -0.4 is 5.30 Å². The first-order valence-electron chi connectivity index (χ1n) is 10.4. The van der Waals surface area contributed by atoms with Gasteiger partial charge in [-0.15, -0.1) is 9.24 Å². The molecule has 7 heteroatoms. The predicted octanol–water partition coefficient (Wildman–Crippen LogP) is 5.94. The molecule has 0 radical (unpaired) electrons. The summed E-state index contributed by atoms with van der Waals surface area (Å²) in [5.41, 5.74) is 0.546. The minimum Gasteiger partial charge on any atom is -0.459 e. The minimum atomic E-state index is -0.719. The fourth-order valence-electron chi connectivity index (χ4n) is 2.92. The molecule has 174 valence electrons. The Morgan fingerprint density at radius 1 is 1.12 bits per heavy atom. The van der Waals surface area contributed by atoms with Crippen LogP contribution in [0.3, 0.4) is 0 Å².